The first-order valence-corrected chi connectivity index (χ1v) is 7.72. The molecule has 2 nitrogen and oxygen atoms in total. The summed E-state index contributed by atoms with van der Waals surface area (Å²) < 4.78 is 5.67. The molecule has 0 bridgehead atoms. The van der Waals surface area contributed by atoms with E-state index in [1.54, 1.807) is 0 Å². The molecule has 2 aromatic rings. The first kappa shape index (κ1) is 13.4. The second-order valence-electron chi connectivity index (χ2n) is 6.12. The van der Waals surface area contributed by atoms with Gasteiger partial charge in [0.1, 0.15) is 11.5 Å². The molecule has 0 amide bonds. The molecule has 0 radical (unpaired) electrons. The van der Waals surface area contributed by atoms with Crippen molar-refractivity contribution in [3.05, 3.63) is 40.1 Å². The van der Waals surface area contributed by atoms with E-state index in [4.69, 9.17) is 4.52 Å². The highest BCUT2D eigenvalue weighted by molar-refractivity contribution is 5.71. The number of aryl methyl sites for hydroxylation is 4. The van der Waals surface area contributed by atoms with Crippen molar-refractivity contribution < 1.29 is 4.52 Å². The maximum atomic E-state index is 5.67. The van der Waals surface area contributed by atoms with Gasteiger partial charge >= 0.3 is 0 Å². The Bertz CT molecular complexity index is 601. The van der Waals surface area contributed by atoms with Gasteiger partial charge in [0.05, 0.1) is 0 Å². The van der Waals surface area contributed by atoms with Crippen LogP contribution in [0.4, 0.5) is 0 Å². The molecule has 1 aliphatic rings. The van der Waals surface area contributed by atoms with Crippen LogP contribution < -0.4 is 0 Å². The van der Waals surface area contributed by atoms with Gasteiger partial charge in [0.25, 0.3) is 0 Å². The molecule has 1 aliphatic carbocycles. The molecular formula is C18H23NO. The van der Waals surface area contributed by atoms with Crippen LogP contribution in [0.3, 0.4) is 0 Å². The molecule has 0 aliphatic heterocycles. The number of nitrogens with zero attached hydrogens (tertiary/aromatic N) is 1. The Morgan fingerprint density at radius 2 is 1.55 bits per heavy atom. The largest absolute Gasteiger partial charge is 0.360 e. The Morgan fingerprint density at radius 1 is 0.900 bits per heavy atom. The van der Waals surface area contributed by atoms with E-state index >= 15 is 0 Å². The van der Waals surface area contributed by atoms with Crippen LogP contribution in [0.15, 0.2) is 16.7 Å². The number of hydrogen-bond acceptors (Lipinski definition) is 2. The summed E-state index contributed by atoms with van der Waals surface area (Å²) in [6.45, 7) is 6.51. The van der Waals surface area contributed by atoms with Crippen molar-refractivity contribution in [1.82, 2.24) is 5.16 Å². The van der Waals surface area contributed by atoms with Crippen molar-refractivity contribution in [2.75, 3.05) is 0 Å². The molecule has 0 spiro atoms. The lowest BCUT2D eigenvalue weighted by atomic mass is 9.91. The first-order valence-electron chi connectivity index (χ1n) is 7.72. The van der Waals surface area contributed by atoms with Gasteiger partial charge in [-0.05, 0) is 51.2 Å². The van der Waals surface area contributed by atoms with Crippen molar-refractivity contribution in [2.45, 2.75) is 59.3 Å². The fraction of sp³-hybridized carbons (Fsp3) is 0.500. The number of hydrogen-bond donors (Lipinski definition) is 0. The summed E-state index contributed by atoms with van der Waals surface area (Å²) in [6, 6.07) is 4.48. The predicted molar refractivity (Wildman–Crippen MR) is 82.0 cm³/mol. The van der Waals surface area contributed by atoms with Crippen molar-refractivity contribution in [3.63, 3.8) is 0 Å². The van der Waals surface area contributed by atoms with Crippen LogP contribution in [-0.4, -0.2) is 5.16 Å². The van der Waals surface area contributed by atoms with E-state index in [2.05, 4.69) is 38.1 Å². The quantitative estimate of drug-likeness (QED) is 0.734. The molecule has 0 saturated carbocycles. The zero-order chi connectivity index (χ0) is 14.1. The van der Waals surface area contributed by atoms with Crippen LogP contribution in [0.5, 0.6) is 0 Å². The molecule has 1 aromatic heterocycles. The second kappa shape index (κ2) is 5.43. The van der Waals surface area contributed by atoms with E-state index in [9.17, 15) is 0 Å². The van der Waals surface area contributed by atoms with Crippen LogP contribution in [0.2, 0.25) is 0 Å². The van der Waals surface area contributed by atoms with Crippen LogP contribution in [0, 0.1) is 20.8 Å². The molecule has 0 fully saturated rings. The average Bonchev–Trinajstić information content (AvgIpc) is 2.70. The Kier molecular flexibility index (Phi) is 3.64. The van der Waals surface area contributed by atoms with Crippen LogP contribution in [0.25, 0.3) is 11.3 Å². The highest BCUT2D eigenvalue weighted by Crippen LogP contribution is 2.34. The highest BCUT2D eigenvalue weighted by atomic mass is 16.5. The minimum absolute atomic E-state index is 1.05. The third-order valence-corrected chi connectivity index (χ3v) is 4.36. The average molecular weight is 269 g/mol. The van der Waals surface area contributed by atoms with Gasteiger partial charge in [-0.2, -0.15) is 0 Å². The predicted octanol–water partition coefficient (Wildman–Crippen LogP) is 4.93. The Hall–Kier alpha value is -1.57. The number of benzene rings is 1. The van der Waals surface area contributed by atoms with Crippen LogP contribution in [-0.2, 0) is 12.8 Å². The van der Waals surface area contributed by atoms with Gasteiger partial charge in [0.15, 0.2) is 0 Å². The van der Waals surface area contributed by atoms with E-state index in [1.165, 1.54) is 53.5 Å². The smallest absolute Gasteiger partial charge is 0.140 e. The summed E-state index contributed by atoms with van der Waals surface area (Å²) >= 11 is 0. The number of aromatic nitrogens is 1. The summed E-state index contributed by atoms with van der Waals surface area (Å²) in [7, 11) is 0. The zero-order valence-corrected chi connectivity index (χ0v) is 12.8. The molecule has 3 rings (SSSR count). The van der Waals surface area contributed by atoms with Crippen LogP contribution >= 0.6 is 0 Å². The molecule has 0 saturated heterocycles. The van der Waals surface area contributed by atoms with Gasteiger partial charge in [-0.3, -0.25) is 0 Å². The third kappa shape index (κ3) is 2.39. The molecule has 0 N–H and O–H groups in total. The summed E-state index contributed by atoms with van der Waals surface area (Å²) in [4.78, 5) is 0. The minimum Gasteiger partial charge on any atom is -0.360 e. The lowest BCUT2D eigenvalue weighted by Crippen LogP contribution is -1.99. The molecule has 0 unspecified atom stereocenters. The van der Waals surface area contributed by atoms with Gasteiger partial charge in [-0.25, -0.2) is 0 Å². The van der Waals surface area contributed by atoms with Gasteiger partial charge in [-0.1, -0.05) is 35.7 Å². The fourth-order valence-electron chi connectivity index (χ4n) is 3.49. The third-order valence-electron chi connectivity index (χ3n) is 4.36. The summed E-state index contributed by atoms with van der Waals surface area (Å²) in [5, 5.41) is 4.43. The van der Waals surface area contributed by atoms with E-state index in [-0.39, 0.29) is 0 Å². The monoisotopic (exact) mass is 269 g/mol. The molecule has 1 aromatic carbocycles. The number of fused-ring (bicyclic) bond motifs is 1. The SMILES string of the molecule is Cc1cc(C)c(-c2noc3c2CCCCCC3)c(C)c1. The van der Waals surface area contributed by atoms with Gasteiger partial charge in [0, 0.05) is 17.5 Å². The first-order chi connectivity index (χ1) is 9.66. The van der Waals surface area contributed by atoms with E-state index in [0.717, 1.165) is 24.3 Å². The Labute approximate surface area is 121 Å². The number of rotatable bonds is 1. The van der Waals surface area contributed by atoms with Crippen molar-refractivity contribution in [1.29, 1.82) is 0 Å². The molecular weight excluding hydrogens is 246 g/mol. The van der Waals surface area contributed by atoms with E-state index < -0.39 is 0 Å². The van der Waals surface area contributed by atoms with Gasteiger partial charge in [-0.15, -0.1) is 0 Å². The summed E-state index contributed by atoms with van der Waals surface area (Å²) in [5.74, 6) is 1.12. The molecule has 2 heteroatoms. The standard InChI is InChI=1S/C18H23NO/c1-12-10-13(2)17(14(3)11-12)18-15-8-6-4-5-7-9-16(15)20-19-18/h10-11H,4-9H2,1-3H3. The molecule has 1 heterocycles. The molecule has 106 valence electrons. The maximum absolute atomic E-state index is 5.67. The van der Waals surface area contributed by atoms with E-state index in [0.29, 0.717) is 0 Å². The van der Waals surface area contributed by atoms with Crippen molar-refractivity contribution >= 4 is 0 Å². The Balaban J connectivity index is 2.11. The van der Waals surface area contributed by atoms with Gasteiger partial charge < -0.3 is 4.52 Å². The second-order valence-corrected chi connectivity index (χ2v) is 6.12. The topological polar surface area (TPSA) is 26.0 Å². The van der Waals surface area contributed by atoms with E-state index in [1.807, 2.05) is 0 Å². The van der Waals surface area contributed by atoms with Crippen molar-refractivity contribution in [2.24, 2.45) is 0 Å². The maximum Gasteiger partial charge on any atom is 0.140 e. The van der Waals surface area contributed by atoms with Crippen LogP contribution in [0.1, 0.15) is 53.7 Å². The normalized spacial score (nSPS) is 15.6. The highest BCUT2D eigenvalue weighted by Gasteiger charge is 2.21. The lowest BCUT2D eigenvalue weighted by molar-refractivity contribution is 0.375. The summed E-state index contributed by atoms with van der Waals surface area (Å²) in [5.41, 5.74) is 7.66. The fourth-order valence-corrected chi connectivity index (χ4v) is 3.49. The lowest BCUT2D eigenvalue weighted by Gasteiger charge is -2.12. The summed E-state index contributed by atoms with van der Waals surface area (Å²) in [6.07, 6.45) is 7.29. The minimum atomic E-state index is 1.05. The van der Waals surface area contributed by atoms with Crippen molar-refractivity contribution in [3.8, 4) is 11.3 Å². The van der Waals surface area contributed by atoms with Gasteiger partial charge in [0.2, 0.25) is 0 Å². The Morgan fingerprint density at radius 3 is 2.25 bits per heavy atom. The molecule has 0 atom stereocenters. The molecule has 20 heavy (non-hydrogen) atoms. The zero-order valence-electron chi connectivity index (χ0n) is 12.8.